The normalized spacial score (nSPS) is 11.9. The number of para-hydroxylation sites is 1. The fourth-order valence-corrected chi connectivity index (χ4v) is 12.1. The molecule has 71 heavy (non-hydrogen) atoms. The molecular formula is C70H42O. The molecule has 1 heterocycles. The number of fused-ring (bicyclic) bond motifs is 10. The molecule has 1 nitrogen and oxygen atoms in total. The summed E-state index contributed by atoms with van der Waals surface area (Å²) in [5.74, 6) is 0. The van der Waals surface area contributed by atoms with Crippen molar-refractivity contribution in [3.63, 3.8) is 0 Å². The second-order valence-corrected chi connectivity index (χ2v) is 19.0. The molecular weight excluding hydrogens is 857 g/mol. The summed E-state index contributed by atoms with van der Waals surface area (Å²) >= 11 is 0. The molecule has 0 bridgehead atoms. The van der Waals surface area contributed by atoms with Crippen LogP contribution >= 0.6 is 0 Å². The summed E-state index contributed by atoms with van der Waals surface area (Å²) in [5, 5.41) is 19.7. The Labute approximate surface area is 410 Å². The minimum atomic E-state index is 0.905. The molecule has 328 valence electrons. The molecule has 0 unspecified atom stereocenters. The molecule has 0 spiro atoms. The zero-order chi connectivity index (χ0) is 46.6. The molecule has 0 amide bonds. The van der Waals surface area contributed by atoms with Crippen molar-refractivity contribution in [2.45, 2.75) is 0 Å². The van der Waals surface area contributed by atoms with E-state index in [-0.39, 0.29) is 0 Å². The van der Waals surface area contributed by atoms with Gasteiger partial charge in [-0.1, -0.05) is 224 Å². The Hall–Kier alpha value is -9.30. The minimum Gasteiger partial charge on any atom is -0.456 e. The number of rotatable bonds is 5. The van der Waals surface area contributed by atoms with E-state index >= 15 is 0 Å². The first-order valence-corrected chi connectivity index (χ1v) is 24.6. The summed E-state index contributed by atoms with van der Waals surface area (Å²) in [5.41, 5.74) is 14.2. The first kappa shape index (κ1) is 39.7. The van der Waals surface area contributed by atoms with Crippen molar-refractivity contribution in [2.24, 2.45) is 0 Å². The second-order valence-electron chi connectivity index (χ2n) is 19.0. The van der Waals surface area contributed by atoms with Gasteiger partial charge in [-0.15, -0.1) is 0 Å². The van der Waals surface area contributed by atoms with Gasteiger partial charge in [-0.25, -0.2) is 0 Å². The fraction of sp³-hybridized carbons (Fsp3) is 0. The predicted molar refractivity (Wildman–Crippen MR) is 303 cm³/mol. The highest BCUT2D eigenvalue weighted by Crippen LogP contribution is 2.49. The van der Waals surface area contributed by atoms with Crippen LogP contribution in [-0.4, -0.2) is 0 Å². The molecule has 14 aromatic carbocycles. The third kappa shape index (κ3) is 6.07. The summed E-state index contributed by atoms with van der Waals surface area (Å²) in [6.07, 6.45) is 0. The number of hydrogen-bond donors (Lipinski definition) is 0. The second kappa shape index (κ2) is 15.6. The van der Waals surface area contributed by atoms with Crippen molar-refractivity contribution in [1.82, 2.24) is 0 Å². The van der Waals surface area contributed by atoms with E-state index in [0.717, 1.165) is 21.9 Å². The lowest BCUT2D eigenvalue weighted by atomic mass is 9.83. The van der Waals surface area contributed by atoms with Crippen LogP contribution in [0.1, 0.15) is 0 Å². The monoisotopic (exact) mass is 898 g/mol. The molecule has 0 fully saturated rings. The molecule has 0 atom stereocenters. The lowest BCUT2D eigenvalue weighted by Gasteiger charge is -2.19. The SMILES string of the molecule is c1ccc2cc(-c3c4ccccc4c(-c4cccc5cc(-c6ccc7c(-c8c9ccccc9c(-c9cccc%10oc%11ccccc%11c9%10)c9ccccc89)cccc7c6)ccc45)c4ccccc34)ccc2c1. The number of hydrogen-bond acceptors (Lipinski definition) is 1. The van der Waals surface area contributed by atoms with Crippen LogP contribution in [0.2, 0.25) is 0 Å². The molecule has 0 aliphatic carbocycles. The highest BCUT2D eigenvalue weighted by molar-refractivity contribution is 6.28. The van der Waals surface area contributed by atoms with Crippen LogP contribution in [0.3, 0.4) is 0 Å². The van der Waals surface area contributed by atoms with E-state index in [2.05, 4.69) is 249 Å². The van der Waals surface area contributed by atoms with Crippen LogP contribution < -0.4 is 0 Å². The van der Waals surface area contributed by atoms with Crippen molar-refractivity contribution >= 4 is 97.3 Å². The predicted octanol–water partition coefficient (Wildman–Crippen LogP) is 20.0. The van der Waals surface area contributed by atoms with Crippen molar-refractivity contribution in [1.29, 1.82) is 0 Å². The molecule has 15 aromatic rings. The van der Waals surface area contributed by atoms with Gasteiger partial charge in [0.1, 0.15) is 11.2 Å². The van der Waals surface area contributed by atoms with Crippen LogP contribution in [0.15, 0.2) is 259 Å². The zero-order valence-electron chi connectivity index (χ0n) is 38.7. The molecule has 0 aliphatic heterocycles. The highest BCUT2D eigenvalue weighted by atomic mass is 16.3. The van der Waals surface area contributed by atoms with E-state index in [9.17, 15) is 0 Å². The van der Waals surface area contributed by atoms with Crippen LogP contribution in [0, 0.1) is 0 Å². The molecule has 0 saturated carbocycles. The summed E-state index contributed by atoms with van der Waals surface area (Å²) in [7, 11) is 0. The van der Waals surface area contributed by atoms with Gasteiger partial charge in [-0.3, -0.25) is 0 Å². The first-order valence-electron chi connectivity index (χ1n) is 24.6. The first-order chi connectivity index (χ1) is 35.2. The van der Waals surface area contributed by atoms with Crippen LogP contribution in [-0.2, 0) is 0 Å². The number of benzene rings is 14. The van der Waals surface area contributed by atoms with Crippen LogP contribution in [0.25, 0.3) is 153 Å². The summed E-state index contributed by atoms with van der Waals surface area (Å²) in [6, 6.07) is 93.9. The fourth-order valence-electron chi connectivity index (χ4n) is 12.1. The summed E-state index contributed by atoms with van der Waals surface area (Å²) in [4.78, 5) is 0. The Morgan fingerprint density at radius 2 is 0.563 bits per heavy atom. The summed E-state index contributed by atoms with van der Waals surface area (Å²) < 4.78 is 6.42. The Kier molecular flexibility index (Phi) is 8.73. The molecule has 1 heteroatoms. The third-order valence-corrected chi connectivity index (χ3v) is 15.2. The third-order valence-electron chi connectivity index (χ3n) is 15.2. The maximum atomic E-state index is 6.42. The molecule has 0 aliphatic rings. The topological polar surface area (TPSA) is 13.1 Å². The van der Waals surface area contributed by atoms with E-state index in [4.69, 9.17) is 4.42 Å². The van der Waals surface area contributed by atoms with Gasteiger partial charge in [-0.05, 0) is 161 Å². The van der Waals surface area contributed by atoms with E-state index in [1.165, 1.54) is 131 Å². The average Bonchev–Trinajstić information content (AvgIpc) is 3.82. The van der Waals surface area contributed by atoms with Gasteiger partial charge in [0.25, 0.3) is 0 Å². The van der Waals surface area contributed by atoms with E-state index < -0.39 is 0 Å². The smallest absolute Gasteiger partial charge is 0.136 e. The molecule has 15 rings (SSSR count). The van der Waals surface area contributed by atoms with E-state index in [1.54, 1.807) is 0 Å². The van der Waals surface area contributed by atoms with Crippen molar-refractivity contribution in [3.05, 3.63) is 255 Å². The zero-order valence-corrected chi connectivity index (χ0v) is 38.7. The molecule has 1 aromatic heterocycles. The maximum Gasteiger partial charge on any atom is 0.136 e. The van der Waals surface area contributed by atoms with Gasteiger partial charge >= 0.3 is 0 Å². The van der Waals surface area contributed by atoms with Gasteiger partial charge in [0.05, 0.1) is 0 Å². The van der Waals surface area contributed by atoms with Crippen molar-refractivity contribution < 1.29 is 4.42 Å². The lowest BCUT2D eigenvalue weighted by molar-refractivity contribution is 0.669. The lowest BCUT2D eigenvalue weighted by Crippen LogP contribution is -1.92. The quantitative estimate of drug-likeness (QED) is 0.157. The molecule has 0 radical (unpaired) electrons. The number of furan rings is 1. The Balaban J connectivity index is 0.869. The molecule has 0 N–H and O–H groups in total. The van der Waals surface area contributed by atoms with Gasteiger partial charge in [0.15, 0.2) is 0 Å². The van der Waals surface area contributed by atoms with Crippen LogP contribution in [0.4, 0.5) is 0 Å². The van der Waals surface area contributed by atoms with Gasteiger partial charge in [0.2, 0.25) is 0 Å². The maximum absolute atomic E-state index is 6.42. The van der Waals surface area contributed by atoms with Crippen molar-refractivity contribution in [2.75, 3.05) is 0 Å². The van der Waals surface area contributed by atoms with Crippen molar-refractivity contribution in [3.8, 4) is 55.6 Å². The van der Waals surface area contributed by atoms with Gasteiger partial charge in [-0.2, -0.15) is 0 Å². The largest absolute Gasteiger partial charge is 0.456 e. The van der Waals surface area contributed by atoms with E-state index in [0.29, 0.717) is 0 Å². The molecule has 0 saturated heterocycles. The Morgan fingerprint density at radius 1 is 0.197 bits per heavy atom. The highest BCUT2D eigenvalue weighted by Gasteiger charge is 2.22. The van der Waals surface area contributed by atoms with E-state index in [1.807, 2.05) is 6.07 Å². The summed E-state index contributed by atoms with van der Waals surface area (Å²) in [6.45, 7) is 0. The Morgan fingerprint density at radius 3 is 1.10 bits per heavy atom. The Bertz CT molecular complexity index is 4590. The minimum absolute atomic E-state index is 0.905. The standard InChI is InChI=1S/C70H42O/c1-2-17-44-42-49(35-34-43(44)16-1)66-54-20-3-5-22-56(54)67(57-23-6-4-21-55(57)66)52-29-13-18-47-40-45(36-38-50(47)52)46-37-39-51-48(41-46)19-14-30-53(51)68-58-24-7-9-26-60(58)69(61-27-10-8-25-59(61)68)63-31-15-33-65-70(63)62-28-11-12-32-64(62)71-65/h1-42H. The van der Waals surface area contributed by atoms with Gasteiger partial charge in [0, 0.05) is 10.8 Å². The van der Waals surface area contributed by atoms with Gasteiger partial charge < -0.3 is 4.42 Å². The van der Waals surface area contributed by atoms with Crippen LogP contribution in [0.5, 0.6) is 0 Å². The average molecular weight is 899 g/mol.